The van der Waals surface area contributed by atoms with E-state index in [0.717, 1.165) is 0 Å². The number of nitrogens with zero attached hydrogens (tertiary/aromatic N) is 1. The predicted molar refractivity (Wildman–Crippen MR) is 76.9 cm³/mol. The van der Waals surface area contributed by atoms with E-state index in [9.17, 15) is 18.0 Å². The molecular weight excluding hydrogens is 280 g/mol. The highest BCUT2D eigenvalue weighted by atomic mass is 32.2. The molecule has 2 amide bonds. The summed E-state index contributed by atoms with van der Waals surface area (Å²) < 4.78 is 22.9. The Labute approximate surface area is 120 Å². The van der Waals surface area contributed by atoms with Crippen molar-refractivity contribution in [1.82, 2.24) is 10.2 Å². The first-order valence-corrected chi connectivity index (χ1v) is 8.84. The standard InChI is InChI=1S/C13H24N2O4S/c1-4-15(11-5-6-20(18,19)9-11)13(17)8-14-12(16)7-10(2)3/h10-11H,4-9H2,1-3H3,(H,14,16). The van der Waals surface area contributed by atoms with Crippen LogP contribution in [-0.2, 0) is 19.4 Å². The van der Waals surface area contributed by atoms with E-state index in [0.29, 0.717) is 19.4 Å². The maximum absolute atomic E-state index is 12.1. The van der Waals surface area contributed by atoms with Crippen molar-refractivity contribution < 1.29 is 18.0 Å². The maximum Gasteiger partial charge on any atom is 0.242 e. The van der Waals surface area contributed by atoms with Crippen LogP contribution in [0.25, 0.3) is 0 Å². The van der Waals surface area contributed by atoms with Crippen LogP contribution in [0.15, 0.2) is 0 Å². The summed E-state index contributed by atoms with van der Waals surface area (Å²) in [6.07, 6.45) is 0.874. The van der Waals surface area contributed by atoms with E-state index in [1.165, 1.54) is 0 Å². The molecule has 1 aliphatic rings. The van der Waals surface area contributed by atoms with Crippen molar-refractivity contribution in [3.63, 3.8) is 0 Å². The topological polar surface area (TPSA) is 83.6 Å². The molecule has 0 spiro atoms. The van der Waals surface area contributed by atoms with Gasteiger partial charge in [-0.05, 0) is 19.3 Å². The second-order valence-electron chi connectivity index (χ2n) is 5.61. The number of sulfone groups is 1. The van der Waals surface area contributed by atoms with E-state index in [-0.39, 0.29) is 41.8 Å². The third kappa shape index (κ3) is 5.11. The van der Waals surface area contributed by atoms with Crippen LogP contribution >= 0.6 is 0 Å². The fourth-order valence-electron chi connectivity index (χ4n) is 2.38. The van der Waals surface area contributed by atoms with Crippen LogP contribution in [0.3, 0.4) is 0 Å². The molecule has 0 saturated carbocycles. The molecule has 1 N–H and O–H groups in total. The molecule has 20 heavy (non-hydrogen) atoms. The Balaban J connectivity index is 2.50. The lowest BCUT2D eigenvalue weighted by Gasteiger charge is -2.27. The average molecular weight is 304 g/mol. The molecule has 0 aromatic heterocycles. The number of nitrogens with one attached hydrogen (secondary N) is 1. The molecule has 1 heterocycles. The summed E-state index contributed by atoms with van der Waals surface area (Å²) in [5.41, 5.74) is 0. The fraction of sp³-hybridized carbons (Fsp3) is 0.846. The van der Waals surface area contributed by atoms with Crippen LogP contribution < -0.4 is 5.32 Å². The third-order valence-corrected chi connectivity index (χ3v) is 5.09. The second kappa shape index (κ2) is 7.06. The highest BCUT2D eigenvalue weighted by Crippen LogP contribution is 2.17. The number of hydrogen-bond donors (Lipinski definition) is 1. The quantitative estimate of drug-likeness (QED) is 0.759. The first-order valence-electron chi connectivity index (χ1n) is 7.01. The molecule has 1 atom stereocenters. The van der Waals surface area contributed by atoms with Crippen molar-refractivity contribution in [1.29, 1.82) is 0 Å². The van der Waals surface area contributed by atoms with E-state index < -0.39 is 9.84 Å². The number of amides is 2. The highest BCUT2D eigenvalue weighted by Gasteiger charge is 2.33. The summed E-state index contributed by atoms with van der Waals surface area (Å²) >= 11 is 0. The zero-order valence-electron chi connectivity index (χ0n) is 12.4. The van der Waals surface area contributed by atoms with Gasteiger partial charge in [-0.25, -0.2) is 8.42 Å². The van der Waals surface area contributed by atoms with Gasteiger partial charge in [0.25, 0.3) is 0 Å². The molecule has 0 aliphatic carbocycles. The summed E-state index contributed by atoms with van der Waals surface area (Å²) in [5, 5.41) is 2.59. The van der Waals surface area contributed by atoms with Crippen LogP contribution in [0.2, 0.25) is 0 Å². The number of likely N-dealkylation sites (N-methyl/N-ethyl adjacent to an activating group) is 1. The van der Waals surface area contributed by atoms with Crippen molar-refractivity contribution in [3.8, 4) is 0 Å². The lowest BCUT2D eigenvalue weighted by molar-refractivity contribution is -0.134. The van der Waals surface area contributed by atoms with Gasteiger partial charge in [0.1, 0.15) is 0 Å². The molecule has 0 radical (unpaired) electrons. The minimum atomic E-state index is -3.01. The zero-order valence-corrected chi connectivity index (χ0v) is 13.2. The Morgan fingerprint density at radius 2 is 2.00 bits per heavy atom. The zero-order chi connectivity index (χ0) is 15.3. The summed E-state index contributed by atoms with van der Waals surface area (Å²) in [7, 11) is -3.01. The first kappa shape index (κ1) is 16.9. The van der Waals surface area contributed by atoms with Gasteiger partial charge in [-0.3, -0.25) is 9.59 Å². The van der Waals surface area contributed by atoms with Crippen molar-refractivity contribution >= 4 is 21.7 Å². The minimum absolute atomic E-state index is 0.0342. The number of hydrogen-bond acceptors (Lipinski definition) is 4. The minimum Gasteiger partial charge on any atom is -0.347 e. The van der Waals surface area contributed by atoms with Crippen LogP contribution in [-0.4, -0.2) is 55.8 Å². The Morgan fingerprint density at radius 3 is 2.45 bits per heavy atom. The molecule has 0 bridgehead atoms. The molecule has 1 fully saturated rings. The van der Waals surface area contributed by atoms with Crippen molar-refractivity contribution in [3.05, 3.63) is 0 Å². The molecule has 1 unspecified atom stereocenters. The molecule has 1 aliphatic heterocycles. The predicted octanol–water partition coefficient (Wildman–Crippen LogP) is 0.184. The Kier molecular flexibility index (Phi) is 5.98. The molecule has 7 heteroatoms. The van der Waals surface area contributed by atoms with Crippen LogP contribution in [0.1, 0.15) is 33.6 Å². The Bertz CT molecular complexity index is 459. The SMILES string of the molecule is CCN(C(=O)CNC(=O)CC(C)C)C1CCS(=O)(=O)C1. The second-order valence-corrected chi connectivity index (χ2v) is 7.84. The normalized spacial score (nSPS) is 20.9. The van der Waals surface area contributed by atoms with Crippen LogP contribution in [0.5, 0.6) is 0 Å². The van der Waals surface area contributed by atoms with Gasteiger partial charge < -0.3 is 10.2 Å². The van der Waals surface area contributed by atoms with Crippen molar-refractivity contribution in [2.45, 2.75) is 39.7 Å². The monoisotopic (exact) mass is 304 g/mol. The third-order valence-electron chi connectivity index (χ3n) is 3.34. The molecule has 0 aromatic rings. The van der Waals surface area contributed by atoms with Gasteiger partial charge >= 0.3 is 0 Å². The molecule has 1 rings (SSSR count). The van der Waals surface area contributed by atoms with Crippen molar-refractivity contribution in [2.75, 3.05) is 24.6 Å². The van der Waals surface area contributed by atoms with E-state index in [2.05, 4.69) is 5.32 Å². The summed E-state index contributed by atoms with van der Waals surface area (Å²) in [6, 6.07) is -0.250. The fourth-order valence-corrected chi connectivity index (χ4v) is 4.11. The summed E-state index contributed by atoms with van der Waals surface area (Å²) in [6.45, 7) is 6.08. The lowest BCUT2D eigenvalue weighted by Crippen LogP contribution is -2.46. The van der Waals surface area contributed by atoms with Gasteiger partial charge in [0.15, 0.2) is 9.84 Å². The molecular formula is C13H24N2O4S. The van der Waals surface area contributed by atoms with E-state index in [1.54, 1.807) is 4.90 Å². The number of rotatable bonds is 6. The van der Waals surface area contributed by atoms with Gasteiger partial charge in [0.05, 0.1) is 18.1 Å². The largest absolute Gasteiger partial charge is 0.347 e. The van der Waals surface area contributed by atoms with Crippen LogP contribution in [0, 0.1) is 5.92 Å². The average Bonchev–Trinajstić information content (AvgIpc) is 2.67. The highest BCUT2D eigenvalue weighted by molar-refractivity contribution is 7.91. The molecule has 116 valence electrons. The maximum atomic E-state index is 12.1. The molecule has 0 aromatic carbocycles. The molecule has 1 saturated heterocycles. The van der Waals surface area contributed by atoms with E-state index >= 15 is 0 Å². The van der Waals surface area contributed by atoms with Gasteiger partial charge in [0.2, 0.25) is 11.8 Å². The Morgan fingerprint density at radius 1 is 1.35 bits per heavy atom. The summed E-state index contributed by atoms with van der Waals surface area (Å²) in [5.74, 6) is 0.0516. The van der Waals surface area contributed by atoms with E-state index in [1.807, 2.05) is 20.8 Å². The smallest absolute Gasteiger partial charge is 0.242 e. The first-order chi connectivity index (χ1) is 9.25. The van der Waals surface area contributed by atoms with E-state index in [4.69, 9.17) is 0 Å². The van der Waals surface area contributed by atoms with Gasteiger partial charge in [-0.1, -0.05) is 13.8 Å². The van der Waals surface area contributed by atoms with Crippen molar-refractivity contribution in [2.24, 2.45) is 5.92 Å². The van der Waals surface area contributed by atoms with Gasteiger partial charge in [0, 0.05) is 19.0 Å². The summed E-state index contributed by atoms with van der Waals surface area (Å²) in [4.78, 5) is 25.2. The van der Waals surface area contributed by atoms with Gasteiger partial charge in [-0.2, -0.15) is 0 Å². The van der Waals surface area contributed by atoms with Gasteiger partial charge in [-0.15, -0.1) is 0 Å². The molecule has 6 nitrogen and oxygen atoms in total. The van der Waals surface area contributed by atoms with Crippen LogP contribution in [0.4, 0.5) is 0 Å². The Hall–Kier alpha value is -1.11. The lowest BCUT2D eigenvalue weighted by atomic mass is 10.1. The number of carbonyl (C=O) groups is 2. The number of carbonyl (C=O) groups excluding carboxylic acids is 2.